The van der Waals surface area contributed by atoms with Gasteiger partial charge in [-0.2, -0.15) is 0 Å². The SMILES string of the molecule is N=C(N)c1ccc2nc(CC(=O)NCc3cccc(N)c3)[nH]c2c1. The van der Waals surface area contributed by atoms with E-state index in [-0.39, 0.29) is 18.2 Å². The van der Waals surface area contributed by atoms with Gasteiger partial charge in [-0.15, -0.1) is 0 Å². The zero-order chi connectivity index (χ0) is 17.1. The largest absolute Gasteiger partial charge is 0.399 e. The van der Waals surface area contributed by atoms with Crippen molar-refractivity contribution in [2.24, 2.45) is 5.73 Å². The van der Waals surface area contributed by atoms with E-state index in [4.69, 9.17) is 16.9 Å². The number of benzene rings is 2. The predicted molar refractivity (Wildman–Crippen MR) is 93.5 cm³/mol. The number of imidazole rings is 1. The van der Waals surface area contributed by atoms with Crippen molar-refractivity contribution in [3.8, 4) is 0 Å². The Balaban J connectivity index is 1.65. The van der Waals surface area contributed by atoms with Crippen molar-refractivity contribution in [2.45, 2.75) is 13.0 Å². The van der Waals surface area contributed by atoms with Gasteiger partial charge in [-0.25, -0.2) is 4.98 Å². The first-order chi connectivity index (χ1) is 11.5. The van der Waals surface area contributed by atoms with Gasteiger partial charge in [-0.1, -0.05) is 12.1 Å². The molecule has 2 aromatic carbocycles. The van der Waals surface area contributed by atoms with E-state index in [1.165, 1.54) is 0 Å². The number of carbonyl (C=O) groups excluding carboxylic acids is 1. The first-order valence-electron chi connectivity index (χ1n) is 7.45. The van der Waals surface area contributed by atoms with Crippen molar-refractivity contribution in [3.05, 3.63) is 59.4 Å². The van der Waals surface area contributed by atoms with E-state index in [1.54, 1.807) is 24.3 Å². The molecular formula is C17H18N6O. The van der Waals surface area contributed by atoms with Crippen LogP contribution in [0.1, 0.15) is 17.0 Å². The van der Waals surface area contributed by atoms with Gasteiger partial charge in [-0.05, 0) is 35.9 Å². The molecule has 1 amide bonds. The molecule has 0 unspecified atom stereocenters. The summed E-state index contributed by atoms with van der Waals surface area (Å²) in [5, 5.41) is 10.3. The van der Waals surface area contributed by atoms with Crippen LogP contribution < -0.4 is 16.8 Å². The monoisotopic (exact) mass is 322 g/mol. The summed E-state index contributed by atoms with van der Waals surface area (Å²) in [5.74, 6) is 0.423. The lowest BCUT2D eigenvalue weighted by molar-refractivity contribution is -0.120. The minimum absolute atomic E-state index is 0.00655. The number of fused-ring (bicyclic) bond motifs is 1. The number of nitrogen functional groups attached to an aromatic ring is 2. The van der Waals surface area contributed by atoms with Crippen LogP contribution in [0.2, 0.25) is 0 Å². The second-order valence-electron chi connectivity index (χ2n) is 5.53. The number of aromatic nitrogens is 2. The Labute approximate surface area is 138 Å². The second-order valence-corrected chi connectivity index (χ2v) is 5.53. The van der Waals surface area contributed by atoms with Crippen LogP contribution in [0.4, 0.5) is 5.69 Å². The molecule has 7 heteroatoms. The standard InChI is InChI=1S/C17H18N6O/c18-12-3-1-2-10(6-12)9-21-16(24)8-15-22-13-5-4-11(17(19)20)7-14(13)23-15/h1-7H,8-9,18H2,(H3,19,20)(H,21,24)(H,22,23). The molecular weight excluding hydrogens is 304 g/mol. The summed E-state index contributed by atoms with van der Waals surface area (Å²) in [6.45, 7) is 0.415. The Hall–Kier alpha value is -3.35. The van der Waals surface area contributed by atoms with Crippen molar-refractivity contribution < 1.29 is 4.79 Å². The molecule has 1 heterocycles. The van der Waals surface area contributed by atoms with Crippen LogP contribution in [-0.4, -0.2) is 21.7 Å². The molecule has 1 aromatic heterocycles. The van der Waals surface area contributed by atoms with Gasteiger partial charge in [0.1, 0.15) is 11.7 Å². The second kappa shape index (κ2) is 6.41. The fraction of sp³-hybridized carbons (Fsp3) is 0.118. The Morgan fingerprint density at radius 1 is 1.25 bits per heavy atom. The molecule has 0 aliphatic carbocycles. The highest BCUT2D eigenvalue weighted by Gasteiger charge is 2.09. The summed E-state index contributed by atoms with van der Waals surface area (Å²) in [6.07, 6.45) is 0.145. The molecule has 0 saturated heterocycles. The molecule has 3 aromatic rings. The number of carbonyl (C=O) groups is 1. The average Bonchev–Trinajstić information content (AvgIpc) is 2.94. The number of amidine groups is 1. The fourth-order valence-corrected chi connectivity index (χ4v) is 2.43. The Morgan fingerprint density at radius 2 is 2.08 bits per heavy atom. The summed E-state index contributed by atoms with van der Waals surface area (Å²) in [7, 11) is 0. The third-order valence-electron chi connectivity index (χ3n) is 3.61. The minimum atomic E-state index is -0.136. The highest BCUT2D eigenvalue weighted by Crippen LogP contribution is 2.14. The minimum Gasteiger partial charge on any atom is -0.399 e. The Morgan fingerprint density at radius 3 is 2.83 bits per heavy atom. The Kier molecular flexibility index (Phi) is 4.15. The quantitative estimate of drug-likeness (QED) is 0.275. The van der Waals surface area contributed by atoms with Gasteiger partial charge in [0.2, 0.25) is 5.91 Å². The maximum absolute atomic E-state index is 12.1. The van der Waals surface area contributed by atoms with E-state index in [2.05, 4.69) is 15.3 Å². The number of anilines is 1. The molecule has 0 spiro atoms. The van der Waals surface area contributed by atoms with Crippen LogP contribution in [0.3, 0.4) is 0 Å². The van der Waals surface area contributed by atoms with Gasteiger partial charge in [0.25, 0.3) is 0 Å². The fourth-order valence-electron chi connectivity index (χ4n) is 2.43. The number of aromatic amines is 1. The normalized spacial score (nSPS) is 10.7. The van der Waals surface area contributed by atoms with Gasteiger partial charge < -0.3 is 21.8 Å². The average molecular weight is 322 g/mol. The number of nitrogens with one attached hydrogen (secondary N) is 3. The third kappa shape index (κ3) is 3.52. The number of nitrogens with zero attached hydrogens (tertiary/aromatic N) is 1. The lowest BCUT2D eigenvalue weighted by Gasteiger charge is -2.05. The van der Waals surface area contributed by atoms with E-state index in [9.17, 15) is 4.79 Å². The van der Waals surface area contributed by atoms with E-state index >= 15 is 0 Å². The maximum atomic E-state index is 12.1. The molecule has 0 aliphatic rings. The molecule has 7 nitrogen and oxygen atoms in total. The number of amides is 1. The first kappa shape index (κ1) is 15.5. The van der Waals surface area contributed by atoms with Crippen LogP contribution >= 0.6 is 0 Å². The number of hydrogen-bond donors (Lipinski definition) is 5. The number of H-pyrrole nitrogens is 1. The van der Waals surface area contributed by atoms with Crippen molar-refractivity contribution in [1.82, 2.24) is 15.3 Å². The molecule has 24 heavy (non-hydrogen) atoms. The van der Waals surface area contributed by atoms with Gasteiger partial charge in [0.15, 0.2) is 0 Å². The zero-order valence-corrected chi connectivity index (χ0v) is 13.0. The van der Waals surface area contributed by atoms with Crippen molar-refractivity contribution in [3.63, 3.8) is 0 Å². The van der Waals surface area contributed by atoms with E-state index < -0.39 is 0 Å². The maximum Gasteiger partial charge on any atom is 0.227 e. The topological polar surface area (TPSA) is 134 Å². The smallest absolute Gasteiger partial charge is 0.227 e. The van der Waals surface area contributed by atoms with Crippen molar-refractivity contribution >= 4 is 28.5 Å². The first-order valence-corrected chi connectivity index (χ1v) is 7.45. The lowest BCUT2D eigenvalue weighted by Crippen LogP contribution is -2.25. The molecule has 0 bridgehead atoms. The summed E-state index contributed by atoms with van der Waals surface area (Å²) < 4.78 is 0. The molecule has 0 atom stereocenters. The zero-order valence-electron chi connectivity index (χ0n) is 13.0. The highest BCUT2D eigenvalue weighted by molar-refractivity contribution is 5.98. The summed E-state index contributed by atoms with van der Waals surface area (Å²) in [5.41, 5.74) is 14.9. The number of hydrogen-bond acceptors (Lipinski definition) is 4. The van der Waals surface area contributed by atoms with Crippen LogP contribution in [0.25, 0.3) is 11.0 Å². The lowest BCUT2D eigenvalue weighted by atomic mass is 10.2. The van der Waals surface area contributed by atoms with E-state index in [1.807, 2.05) is 18.2 Å². The molecule has 0 saturated carbocycles. The number of rotatable bonds is 5. The molecule has 7 N–H and O–H groups in total. The molecule has 0 radical (unpaired) electrons. The van der Waals surface area contributed by atoms with Gasteiger partial charge in [0.05, 0.1) is 17.5 Å². The van der Waals surface area contributed by atoms with Crippen LogP contribution in [0.15, 0.2) is 42.5 Å². The van der Waals surface area contributed by atoms with Gasteiger partial charge >= 0.3 is 0 Å². The van der Waals surface area contributed by atoms with Gasteiger partial charge in [-0.3, -0.25) is 10.2 Å². The van der Waals surface area contributed by atoms with E-state index in [0.29, 0.717) is 23.6 Å². The predicted octanol–water partition coefficient (Wildman–Crippen LogP) is 1.29. The molecule has 0 fully saturated rings. The highest BCUT2D eigenvalue weighted by atomic mass is 16.1. The Bertz CT molecular complexity index is 914. The molecule has 122 valence electrons. The summed E-state index contributed by atoms with van der Waals surface area (Å²) >= 11 is 0. The van der Waals surface area contributed by atoms with Gasteiger partial charge in [0, 0.05) is 17.8 Å². The van der Waals surface area contributed by atoms with E-state index in [0.717, 1.165) is 16.6 Å². The molecule has 3 rings (SSSR count). The third-order valence-corrected chi connectivity index (χ3v) is 3.61. The van der Waals surface area contributed by atoms with Crippen molar-refractivity contribution in [1.29, 1.82) is 5.41 Å². The summed E-state index contributed by atoms with van der Waals surface area (Å²) in [6, 6.07) is 12.6. The molecule has 0 aliphatic heterocycles. The van der Waals surface area contributed by atoms with Crippen LogP contribution in [0, 0.1) is 5.41 Å². The van der Waals surface area contributed by atoms with Crippen LogP contribution in [0.5, 0.6) is 0 Å². The van der Waals surface area contributed by atoms with Crippen molar-refractivity contribution in [2.75, 3.05) is 5.73 Å². The number of nitrogens with two attached hydrogens (primary N) is 2. The summed E-state index contributed by atoms with van der Waals surface area (Å²) in [4.78, 5) is 19.5. The van der Waals surface area contributed by atoms with Crippen LogP contribution in [-0.2, 0) is 17.8 Å².